The molecule has 3 saturated heterocycles. The van der Waals surface area contributed by atoms with Crippen LogP contribution in [0.5, 0.6) is 0 Å². The van der Waals surface area contributed by atoms with Gasteiger partial charge in [-0.1, -0.05) is 27.7 Å². The molecular weight excluding hydrogens is 666 g/mol. The normalized spacial score (nSPS) is 49.7. The van der Waals surface area contributed by atoms with Crippen LogP contribution in [0.4, 0.5) is 0 Å². The summed E-state index contributed by atoms with van der Waals surface area (Å²) >= 11 is 0. The van der Waals surface area contributed by atoms with Crippen molar-refractivity contribution in [3.8, 4) is 0 Å². The first-order valence-electron chi connectivity index (χ1n) is 18.5. The minimum absolute atomic E-state index is 0.0936. The first-order chi connectivity index (χ1) is 23.4. The third kappa shape index (κ3) is 9.51. The van der Waals surface area contributed by atoms with Gasteiger partial charge in [-0.3, -0.25) is 9.59 Å². The molecule has 3 heterocycles. The summed E-state index contributed by atoms with van der Waals surface area (Å²) in [6, 6.07) is -0.324. The van der Waals surface area contributed by atoms with Gasteiger partial charge in [-0.25, -0.2) is 0 Å². The molecule has 14 nitrogen and oxygen atoms in total. The molecule has 0 spiro atoms. The average molecular weight is 734 g/mol. The van der Waals surface area contributed by atoms with Crippen molar-refractivity contribution in [1.29, 1.82) is 0 Å². The number of likely N-dealkylation sites (N-methyl/N-ethyl adjacent to an activating group) is 1. The van der Waals surface area contributed by atoms with Gasteiger partial charge in [0.2, 0.25) is 0 Å². The molecule has 298 valence electrons. The van der Waals surface area contributed by atoms with E-state index in [0.29, 0.717) is 6.42 Å². The fourth-order valence-corrected chi connectivity index (χ4v) is 8.41. The number of nitrogens with zero attached hydrogens (tertiary/aromatic N) is 1. The van der Waals surface area contributed by atoms with Gasteiger partial charge in [0, 0.05) is 37.3 Å². The van der Waals surface area contributed by atoms with Crippen molar-refractivity contribution in [2.75, 3.05) is 21.2 Å². The van der Waals surface area contributed by atoms with Crippen molar-refractivity contribution in [1.82, 2.24) is 4.90 Å². The van der Waals surface area contributed by atoms with E-state index >= 15 is 0 Å². The summed E-state index contributed by atoms with van der Waals surface area (Å²) in [5.41, 5.74) is -4.84. The maximum atomic E-state index is 14.1. The molecule has 0 aliphatic carbocycles. The second-order valence-electron chi connectivity index (χ2n) is 16.5. The third-order valence-corrected chi connectivity index (χ3v) is 11.8. The largest absolute Gasteiger partial charge is 0.459 e. The molecule has 3 aliphatic rings. The molecule has 3 rings (SSSR count). The van der Waals surface area contributed by atoms with Crippen LogP contribution in [0, 0.1) is 23.7 Å². The van der Waals surface area contributed by atoms with Gasteiger partial charge in [-0.15, -0.1) is 0 Å². The number of ketones is 1. The summed E-state index contributed by atoms with van der Waals surface area (Å²) in [6.07, 6.45) is -9.71. The van der Waals surface area contributed by atoms with Gasteiger partial charge in [-0.2, -0.15) is 0 Å². The summed E-state index contributed by atoms with van der Waals surface area (Å²) in [4.78, 5) is 29.8. The maximum absolute atomic E-state index is 14.1. The Morgan fingerprint density at radius 2 is 1.49 bits per heavy atom. The number of methoxy groups -OCH3 is 1. The molecule has 51 heavy (non-hydrogen) atoms. The zero-order chi connectivity index (χ0) is 39.0. The molecule has 14 heteroatoms. The average Bonchev–Trinajstić information content (AvgIpc) is 3.05. The van der Waals surface area contributed by atoms with Gasteiger partial charge < -0.3 is 58.9 Å². The third-order valence-electron chi connectivity index (χ3n) is 11.8. The smallest absolute Gasteiger partial charge is 0.311 e. The molecular formula is C37H67NO13. The number of carbonyl (C=O) groups is 2. The number of ether oxygens (including phenoxy) is 6. The van der Waals surface area contributed by atoms with Crippen LogP contribution in [-0.4, -0.2) is 148 Å². The second kappa shape index (κ2) is 17.0. The van der Waals surface area contributed by atoms with E-state index in [9.17, 15) is 35.1 Å². The zero-order valence-corrected chi connectivity index (χ0v) is 32.9. The number of Topliss-reactive ketones (excluding diaryl/α,β-unsaturated/α-hetero) is 1. The van der Waals surface area contributed by atoms with Gasteiger partial charge in [-0.05, 0) is 74.9 Å². The fourth-order valence-electron chi connectivity index (χ4n) is 8.41. The molecule has 0 aromatic rings. The number of aliphatic hydroxyl groups excluding tert-OH is 3. The number of esters is 1. The zero-order valence-electron chi connectivity index (χ0n) is 32.9. The Hall–Kier alpha value is -1.30. The van der Waals surface area contributed by atoms with Gasteiger partial charge >= 0.3 is 5.97 Å². The SMILES string of the molecule is CC[C@H]1OC(=O)[C@H](C)[C@@H](OC2C[C@@](C)(OC)[C@@H](O)[C@H](C)O2)[C@H](C)[C@H](OC2O[C@H](C)C[C@H](N(C)C)[C@H]2O)[C@](C)(O)C[C@@H](C)C(=O)[C@H](C)[C@@H](O)[C@]1(C)O. The lowest BCUT2D eigenvalue weighted by Crippen LogP contribution is -2.61. The van der Waals surface area contributed by atoms with Crippen molar-refractivity contribution in [3.63, 3.8) is 0 Å². The summed E-state index contributed by atoms with van der Waals surface area (Å²) in [6.45, 7) is 16.3. The van der Waals surface area contributed by atoms with Gasteiger partial charge in [0.25, 0.3) is 0 Å². The van der Waals surface area contributed by atoms with Gasteiger partial charge in [0.1, 0.15) is 29.7 Å². The van der Waals surface area contributed by atoms with Crippen molar-refractivity contribution in [3.05, 3.63) is 0 Å². The Morgan fingerprint density at radius 1 is 0.882 bits per heavy atom. The predicted octanol–water partition coefficient (Wildman–Crippen LogP) is 1.79. The number of carbonyl (C=O) groups excluding carboxylic acids is 2. The van der Waals surface area contributed by atoms with E-state index in [0.717, 1.165) is 0 Å². The number of hydrogen-bond donors (Lipinski definition) is 5. The highest BCUT2D eigenvalue weighted by molar-refractivity contribution is 5.83. The number of cyclic esters (lactones) is 1. The first kappa shape index (κ1) is 44.1. The highest BCUT2D eigenvalue weighted by Crippen LogP contribution is 2.40. The van der Waals surface area contributed by atoms with Crippen LogP contribution in [0.1, 0.15) is 94.9 Å². The van der Waals surface area contributed by atoms with E-state index in [1.165, 1.54) is 27.9 Å². The fraction of sp³-hybridized carbons (Fsp3) is 0.946. The quantitative estimate of drug-likeness (QED) is 0.238. The lowest BCUT2D eigenvalue weighted by molar-refractivity contribution is -0.318. The Labute approximate surface area is 304 Å². The van der Waals surface area contributed by atoms with Crippen molar-refractivity contribution in [2.24, 2.45) is 23.7 Å². The van der Waals surface area contributed by atoms with E-state index in [2.05, 4.69) is 0 Å². The van der Waals surface area contributed by atoms with Crippen LogP contribution in [0.25, 0.3) is 0 Å². The van der Waals surface area contributed by atoms with Crippen LogP contribution in [0.15, 0.2) is 0 Å². The van der Waals surface area contributed by atoms with E-state index in [4.69, 9.17) is 28.4 Å². The molecule has 0 saturated carbocycles. The predicted molar refractivity (Wildman–Crippen MR) is 186 cm³/mol. The molecule has 0 bridgehead atoms. The molecule has 3 fully saturated rings. The molecule has 2 unspecified atom stereocenters. The second-order valence-corrected chi connectivity index (χ2v) is 16.5. The van der Waals surface area contributed by atoms with Gasteiger partial charge in [0.05, 0.1) is 47.6 Å². The topological polar surface area (TPSA) is 194 Å². The van der Waals surface area contributed by atoms with Crippen LogP contribution < -0.4 is 0 Å². The number of rotatable bonds is 7. The monoisotopic (exact) mass is 733 g/mol. The van der Waals surface area contributed by atoms with E-state index < -0.39 is 108 Å². The highest BCUT2D eigenvalue weighted by Gasteiger charge is 2.53. The molecule has 0 amide bonds. The Kier molecular flexibility index (Phi) is 14.7. The molecule has 3 aliphatic heterocycles. The first-order valence-corrected chi connectivity index (χ1v) is 18.5. The van der Waals surface area contributed by atoms with Crippen molar-refractivity contribution in [2.45, 2.75) is 179 Å². The molecule has 0 radical (unpaired) electrons. The lowest BCUT2D eigenvalue weighted by atomic mass is 9.74. The van der Waals surface area contributed by atoms with Crippen LogP contribution >= 0.6 is 0 Å². The molecule has 18 atom stereocenters. The summed E-state index contributed by atoms with van der Waals surface area (Å²) in [5, 5.41) is 57.6. The Bertz CT molecular complexity index is 1170. The Morgan fingerprint density at radius 3 is 2.04 bits per heavy atom. The number of hydrogen-bond acceptors (Lipinski definition) is 14. The number of aliphatic hydroxyl groups is 5. The summed E-state index contributed by atoms with van der Waals surface area (Å²) in [7, 11) is 5.18. The van der Waals surface area contributed by atoms with E-state index in [1.807, 2.05) is 25.9 Å². The molecule has 5 N–H and O–H groups in total. The van der Waals surface area contributed by atoms with Crippen LogP contribution in [0.2, 0.25) is 0 Å². The van der Waals surface area contributed by atoms with Crippen LogP contribution in [-0.2, 0) is 38.0 Å². The van der Waals surface area contributed by atoms with Crippen molar-refractivity contribution >= 4 is 11.8 Å². The van der Waals surface area contributed by atoms with Crippen LogP contribution in [0.3, 0.4) is 0 Å². The molecule has 0 aromatic heterocycles. The molecule has 0 aromatic carbocycles. The van der Waals surface area contributed by atoms with Crippen molar-refractivity contribution < 1.29 is 63.5 Å². The summed E-state index contributed by atoms with van der Waals surface area (Å²) in [5.74, 6) is -4.98. The summed E-state index contributed by atoms with van der Waals surface area (Å²) < 4.78 is 37.1. The highest BCUT2D eigenvalue weighted by atomic mass is 16.7. The minimum Gasteiger partial charge on any atom is -0.459 e. The van der Waals surface area contributed by atoms with E-state index in [-0.39, 0.29) is 31.4 Å². The lowest BCUT2D eigenvalue weighted by Gasteiger charge is -2.49. The Balaban J connectivity index is 2.18. The maximum Gasteiger partial charge on any atom is 0.311 e. The minimum atomic E-state index is -1.99. The van der Waals surface area contributed by atoms with Gasteiger partial charge in [0.15, 0.2) is 12.6 Å². The standard InChI is InChI=1S/C37H67NO13/c1-14-25-37(10,45)30(41)20(4)27(39)18(2)16-35(8,44)32(51-34-28(40)24(38(11)12)15-19(3)47-34)21(5)29(22(6)33(43)49-25)50-26-17-36(9,46-13)31(42)23(7)48-26/h18-26,28-32,34,40-42,44-45H,14-17H2,1-13H3/t18-,19-,20+,21+,22-,23+,24+,25-,26?,28-,29+,30-,31+,32+,34?,35-,36-,37-/m1/s1. The van der Waals surface area contributed by atoms with E-state index in [1.54, 1.807) is 41.5 Å².